The average molecular weight is 202 g/mol. The van der Waals surface area contributed by atoms with Gasteiger partial charge in [0.1, 0.15) is 0 Å². The van der Waals surface area contributed by atoms with Crippen molar-refractivity contribution in [3.05, 3.63) is 29.1 Å². The van der Waals surface area contributed by atoms with Crippen LogP contribution in [0.5, 0.6) is 0 Å². The van der Waals surface area contributed by atoms with Crippen LogP contribution in [0.4, 0.5) is 13.2 Å². The number of fused-ring (bicyclic) bond motifs is 1. The molecule has 2 heterocycles. The fourth-order valence-electron chi connectivity index (χ4n) is 1.58. The molecule has 0 bridgehead atoms. The highest BCUT2D eigenvalue weighted by Crippen LogP contribution is 2.31. The van der Waals surface area contributed by atoms with E-state index in [1.54, 1.807) is 0 Å². The van der Waals surface area contributed by atoms with E-state index in [0.717, 1.165) is 11.9 Å². The van der Waals surface area contributed by atoms with Gasteiger partial charge in [-0.3, -0.25) is 9.88 Å². The summed E-state index contributed by atoms with van der Waals surface area (Å²) in [6, 6.07) is 1.19. The molecule has 1 aliphatic heterocycles. The molecule has 0 aliphatic carbocycles. The van der Waals surface area contributed by atoms with E-state index in [4.69, 9.17) is 0 Å². The molecule has 0 fully saturated rings. The fourth-order valence-corrected chi connectivity index (χ4v) is 1.58. The highest BCUT2D eigenvalue weighted by molar-refractivity contribution is 5.29. The fraction of sp³-hybridized carbons (Fsp3) is 0.444. The standard InChI is InChI=1S/C9H9F3N2/c1-14-4-6-2-7(9(10,11)12)3-13-8(6)5-14/h2-3H,4-5H2,1H3. The summed E-state index contributed by atoms with van der Waals surface area (Å²) in [4.78, 5) is 5.74. The third-order valence-corrected chi connectivity index (χ3v) is 2.25. The largest absolute Gasteiger partial charge is 0.417 e. The van der Waals surface area contributed by atoms with Crippen molar-refractivity contribution in [3.63, 3.8) is 0 Å². The van der Waals surface area contributed by atoms with Gasteiger partial charge in [-0.15, -0.1) is 0 Å². The summed E-state index contributed by atoms with van der Waals surface area (Å²) in [5, 5.41) is 0. The van der Waals surface area contributed by atoms with E-state index < -0.39 is 11.7 Å². The first-order chi connectivity index (χ1) is 6.47. The van der Waals surface area contributed by atoms with E-state index in [1.165, 1.54) is 6.07 Å². The number of rotatable bonds is 0. The van der Waals surface area contributed by atoms with Crippen molar-refractivity contribution in [2.45, 2.75) is 19.3 Å². The van der Waals surface area contributed by atoms with E-state index in [-0.39, 0.29) is 0 Å². The first-order valence-corrected chi connectivity index (χ1v) is 4.20. The lowest BCUT2D eigenvalue weighted by atomic mass is 10.1. The van der Waals surface area contributed by atoms with Gasteiger partial charge in [0.25, 0.3) is 0 Å². The highest BCUT2D eigenvalue weighted by Gasteiger charge is 2.32. The molecule has 0 saturated carbocycles. The number of halogens is 3. The number of pyridine rings is 1. The lowest BCUT2D eigenvalue weighted by Crippen LogP contribution is -2.07. The van der Waals surface area contributed by atoms with Gasteiger partial charge in [0, 0.05) is 19.3 Å². The Morgan fingerprint density at radius 3 is 2.71 bits per heavy atom. The summed E-state index contributed by atoms with van der Waals surface area (Å²) in [6.07, 6.45) is -3.39. The van der Waals surface area contributed by atoms with Crippen LogP contribution < -0.4 is 0 Å². The van der Waals surface area contributed by atoms with E-state index in [9.17, 15) is 13.2 Å². The first-order valence-electron chi connectivity index (χ1n) is 4.20. The lowest BCUT2D eigenvalue weighted by molar-refractivity contribution is -0.137. The van der Waals surface area contributed by atoms with Crippen LogP contribution in [-0.4, -0.2) is 16.9 Å². The van der Waals surface area contributed by atoms with Crippen molar-refractivity contribution >= 4 is 0 Å². The lowest BCUT2D eigenvalue weighted by Gasteiger charge is -2.06. The minimum absolute atomic E-state index is 0.548. The van der Waals surface area contributed by atoms with E-state index in [1.807, 2.05) is 11.9 Å². The van der Waals surface area contributed by atoms with Gasteiger partial charge in [-0.05, 0) is 18.7 Å². The molecule has 1 aromatic rings. The van der Waals surface area contributed by atoms with E-state index >= 15 is 0 Å². The number of alkyl halides is 3. The normalized spacial score (nSPS) is 17.1. The third-order valence-electron chi connectivity index (χ3n) is 2.25. The molecule has 0 N–H and O–H groups in total. The van der Waals surface area contributed by atoms with E-state index in [2.05, 4.69) is 4.98 Å². The van der Waals surface area contributed by atoms with Gasteiger partial charge in [0.15, 0.2) is 0 Å². The molecule has 5 heteroatoms. The summed E-state index contributed by atoms with van der Waals surface area (Å²) in [6.45, 7) is 1.18. The van der Waals surface area contributed by atoms with Crippen LogP contribution in [0, 0.1) is 0 Å². The summed E-state index contributed by atoms with van der Waals surface area (Å²) < 4.78 is 36.9. The molecule has 0 saturated heterocycles. The second-order valence-electron chi connectivity index (χ2n) is 3.50. The van der Waals surface area contributed by atoms with Gasteiger partial charge < -0.3 is 0 Å². The van der Waals surface area contributed by atoms with Crippen LogP contribution in [0.3, 0.4) is 0 Å². The first kappa shape index (κ1) is 9.45. The summed E-state index contributed by atoms with van der Waals surface area (Å²) >= 11 is 0. The number of hydrogen-bond acceptors (Lipinski definition) is 2. The predicted octanol–water partition coefficient (Wildman–Crippen LogP) is 2.05. The van der Waals surface area contributed by atoms with Crippen molar-refractivity contribution in [2.24, 2.45) is 0 Å². The molecule has 1 aliphatic rings. The van der Waals surface area contributed by atoms with Crippen LogP contribution in [0.2, 0.25) is 0 Å². The molecule has 1 aromatic heterocycles. The second-order valence-corrected chi connectivity index (χ2v) is 3.50. The second kappa shape index (κ2) is 2.95. The minimum Gasteiger partial charge on any atom is -0.296 e. The molecule has 0 atom stereocenters. The van der Waals surface area contributed by atoms with Gasteiger partial charge in [-0.25, -0.2) is 0 Å². The minimum atomic E-state index is -4.29. The predicted molar refractivity (Wildman–Crippen MR) is 44.4 cm³/mol. The van der Waals surface area contributed by atoms with Crippen molar-refractivity contribution in [3.8, 4) is 0 Å². The Kier molecular flexibility index (Phi) is 1.99. The van der Waals surface area contributed by atoms with Crippen molar-refractivity contribution < 1.29 is 13.2 Å². The number of hydrogen-bond donors (Lipinski definition) is 0. The third kappa shape index (κ3) is 1.59. The molecule has 0 unspecified atom stereocenters. The molecule has 2 nitrogen and oxygen atoms in total. The zero-order valence-corrected chi connectivity index (χ0v) is 7.60. The van der Waals surface area contributed by atoms with Crippen molar-refractivity contribution in [2.75, 3.05) is 7.05 Å². The zero-order chi connectivity index (χ0) is 10.3. The maximum atomic E-state index is 12.3. The van der Waals surface area contributed by atoms with Crippen LogP contribution in [0.15, 0.2) is 12.3 Å². The molecule has 0 aromatic carbocycles. The number of nitrogens with zero attached hydrogens (tertiary/aromatic N) is 2. The molecule has 14 heavy (non-hydrogen) atoms. The Hall–Kier alpha value is -1.10. The smallest absolute Gasteiger partial charge is 0.296 e. The molecule has 0 amide bonds. The summed E-state index contributed by atoms with van der Waals surface area (Å²) in [5.41, 5.74) is 0.773. The quantitative estimate of drug-likeness (QED) is 0.640. The molecule has 2 rings (SSSR count). The van der Waals surface area contributed by atoms with Crippen LogP contribution in [0.25, 0.3) is 0 Å². The number of aromatic nitrogens is 1. The van der Waals surface area contributed by atoms with Gasteiger partial charge in [0.05, 0.1) is 11.3 Å². The Labute approximate surface area is 79.4 Å². The van der Waals surface area contributed by atoms with Crippen molar-refractivity contribution in [1.82, 2.24) is 9.88 Å². The Balaban J connectivity index is 2.38. The molecular formula is C9H9F3N2. The SMILES string of the molecule is CN1Cc2cc(C(F)(F)F)cnc2C1. The van der Waals surface area contributed by atoms with Gasteiger partial charge in [-0.1, -0.05) is 0 Å². The highest BCUT2D eigenvalue weighted by atomic mass is 19.4. The Morgan fingerprint density at radius 2 is 2.07 bits per heavy atom. The van der Waals surface area contributed by atoms with Gasteiger partial charge in [-0.2, -0.15) is 13.2 Å². The molecule has 0 radical (unpaired) electrons. The van der Waals surface area contributed by atoms with E-state index in [0.29, 0.717) is 18.7 Å². The van der Waals surface area contributed by atoms with Crippen molar-refractivity contribution in [1.29, 1.82) is 0 Å². The topological polar surface area (TPSA) is 16.1 Å². The van der Waals surface area contributed by atoms with Crippen LogP contribution in [-0.2, 0) is 19.3 Å². The molecular weight excluding hydrogens is 193 g/mol. The molecule has 0 spiro atoms. The Morgan fingerprint density at radius 1 is 1.36 bits per heavy atom. The summed E-state index contributed by atoms with van der Waals surface area (Å²) in [7, 11) is 1.86. The molecule has 76 valence electrons. The average Bonchev–Trinajstić information content (AvgIpc) is 2.41. The summed E-state index contributed by atoms with van der Waals surface area (Å²) in [5.74, 6) is 0. The van der Waals surface area contributed by atoms with Crippen LogP contribution in [0.1, 0.15) is 16.8 Å². The van der Waals surface area contributed by atoms with Gasteiger partial charge >= 0.3 is 6.18 Å². The van der Waals surface area contributed by atoms with Gasteiger partial charge in [0.2, 0.25) is 0 Å². The zero-order valence-electron chi connectivity index (χ0n) is 7.60. The maximum absolute atomic E-state index is 12.3. The Bertz CT molecular complexity index is 360. The van der Waals surface area contributed by atoms with Crippen LogP contribution >= 0.6 is 0 Å². The monoisotopic (exact) mass is 202 g/mol. The maximum Gasteiger partial charge on any atom is 0.417 e.